The minimum atomic E-state index is 0.588. The lowest BCUT2D eigenvalue weighted by molar-refractivity contribution is 0.740. The maximum absolute atomic E-state index is 4.42. The predicted molar refractivity (Wildman–Crippen MR) is 78.0 cm³/mol. The van der Waals surface area contributed by atoms with Gasteiger partial charge in [0.25, 0.3) is 0 Å². The third-order valence-corrected chi connectivity index (χ3v) is 3.74. The van der Waals surface area contributed by atoms with Gasteiger partial charge >= 0.3 is 0 Å². The third kappa shape index (κ3) is 2.83. The molecule has 2 heterocycles. The average molecular weight is 286 g/mol. The Bertz CT molecular complexity index is 675. The molecule has 6 nitrogen and oxygen atoms in total. The molecule has 0 saturated heterocycles. The largest absolute Gasteiger partial charge is 0.354 e. The van der Waals surface area contributed by atoms with Gasteiger partial charge in [0.2, 0.25) is 5.13 Å². The van der Waals surface area contributed by atoms with Crippen LogP contribution in [0.3, 0.4) is 0 Å². The van der Waals surface area contributed by atoms with Crippen molar-refractivity contribution in [3.8, 4) is 5.69 Å². The fourth-order valence-corrected chi connectivity index (χ4v) is 2.37. The van der Waals surface area contributed by atoms with Crippen LogP contribution in [0.1, 0.15) is 17.6 Å². The lowest BCUT2D eigenvalue weighted by atomic mass is 10.3. The Morgan fingerprint density at radius 1 is 1.20 bits per heavy atom. The molecule has 0 atom stereocenters. The maximum Gasteiger partial charge on any atom is 0.205 e. The van der Waals surface area contributed by atoms with Crippen LogP contribution in [-0.4, -0.2) is 25.2 Å². The zero-order chi connectivity index (χ0) is 13.8. The summed E-state index contributed by atoms with van der Waals surface area (Å²) < 4.78 is 0. The molecule has 1 aromatic carbocycles. The molecule has 0 aliphatic heterocycles. The van der Waals surface area contributed by atoms with Gasteiger partial charge < -0.3 is 5.32 Å². The van der Waals surface area contributed by atoms with Gasteiger partial charge in [0.05, 0.1) is 18.4 Å². The number of aromatic nitrogens is 5. The van der Waals surface area contributed by atoms with E-state index in [0.29, 0.717) is 6.54 Å². The molecule has 0 aliphatic carbocycles. The summed E-state index contributed by atoms with van der Waals surface area (Å²) in [4.78, 5) is 1.62. The highest BCUT2D eigenvalue weighted by molar-refractivity contribution is 7.15. The Balaban J connectivity index is 1.65. The van der Waals surface area contributed by atoms with Crippen molar-refractivity contribution in [3.63, 3.8) is 0 Å². The van der Waals surface area contributed by atoms with Crippen LogP contribution in [0.2, 0.25) is 0 Å². The molecule has 1 N–H and O–H groups in total. The summed E-state index contributed by atoms with van der Waals surface area (Å²) in [5, 5.41) is 21.9. The number of aryl methyl sites for hydroxylation is 1. The summed E-state index contributed by atoms with van der Waals surface area (Å²) in [5.74, 6) is 0. The van der Waals surface area contributed by atoms with E-state index in [1.807, 2.05) is 30.3 Å². The molecule has 0 spiro atoms. The van der Waals surface area contributed by atoms with Crippen LogP contribution in [0.25, 0.3) is 5.69 Å². The van der Waals surface area contributed by atoms with E-state index in [1.54, 1.807) is 22.3 Å². The highest BCUT2D eigenvalue weighted by Gasteiger charge is 2.05. The molecular weight excluding hydrogens is 272 g/mol. The van der Waals surface area contributed by atoms with Crippen LogP contribution in [-0.2, 0) is 13.0 Å². The second kappa shape index (κ2) is 5.79. The predicted octanol–water partition coefficient (Wildman–Crippen LogP) is 2.29. The summed E-state index contributed by atoms with van der Waals surface area (Å²) in [6.45, 7) is 2.65. The van der Waals surface area contributed by atoms with E-state index < -0.39 is 0 Å². The minimum Gasteiger partial charge on any atom is -0.354 e. The van der Waals surface area contributed by atoms with E-state index in [0.717, 1.165) is 27.9 Å². The standard InChI is InChI=1S/C13H14N6S/c1-2-12-16-17-13(20-12)14-8-10-9-15-19(18-10)11-6-4-3-5-7-11/h3-7,9H,2,8H2,1H3,(H,14,17). The van der Waals surface area contributed by atoms with Gasteiger partial charge in [0.15, 0.2) is 0 Å². The van der Waals surface area contributed by atoms with Crippen molar-refractivity contribution in [1.82, 2.24) is 25.2 Å². The molecule has 102 valence electrons. The topological polar surface area (TPSA) is 68.5 Å². The lowest BCUT2D eigenvalue weighted by Crippen LogP contribution is -2.02. The van der Waals surface area contributed by atoms with Crippen LogP contribution in [0, 0.1) is 0 Å². The smallest absolute Gasteiger partial charge is 0.205 e. The molecule has 0 saturated carbocycles. The molecule has 2 aromatic heterocycles. The van der Waals surface area contributed by atoms with Gasteiger partial charge in [-0.3, -0.25) is 0 Å². The van der Waals surface area contributed by atoms with E-state index in [4.69, 9.17) is 0 Å². The number of hydrogen-bond acceptors (Lipinski definition) is 6. The normalized spacial score (nSPS) is 10.7. The highest BCUT2D eigenvalue weighted by Crippen LogP contribution is 2.16. The summed E-state index contributed by atoms with van der Waals surface area (Å²) >= 11 is 1.57. The number of nitrogens with zero attached hydrogens (tertiary/aromatic N) is 5. The van der Waals surface area contributed by atoms with Crippen molar-refractivity contribution in [3.05, 3.63) is 47.2 Å². The molecular formula is C13H14N6S. The van der Waals surface area contributed by atoms with Gasteiger partial charge in [-0.05, 0) is 18.6 Å². The van der Waals surface area contributed by atoms with E-state index in [9.17, 15) is 0 Å². The zero-order valence-electron chi connectivity index (χ0n) is 11.0. The molecule has 20 heavy (non-hydrogen) atoms. The summed E-state index contributed by atoms with van der Waals surface area (Å²) in [6.07, 6.45) is 2.66. The van der Waals surface area contributed by atoms with Crippen molar-refractivity contribution in [2.75, 3.05) is 5.32 Å². The Morgan fingerprint density at radius 2 is 2.05 bits per heavy atom. The van der Waals surface area contributed by atoms with Crippen molar-refractivity contribution in [1.29, 1.82) is 0 Å². The van der Waals surface area contributed by atoms with Gasteiger partial charge in [0.1, 0.15) is 10.7 Å². The summed E-state index contributed by atoms with van der Waals surface area (Å²) in [7, 11) is 0. The number of para-hydroxylation sites is 1. The van der Waals surface area contributed by atoms with Gasteiger partial charge in [-0.25, -0.2) is 0 Å². The van der Waals surface area contributed by atoms with E-state index in [-0.39, 0.29) is 0 Å². The van der Waals surface area contributed by atoms with E-state index >= 15 is 0 Å². The average Bonchev–Trinajstić information content (AvgIpc) is 3.15. The summed E-state index contributed by atoms with van der Waals surface area (Å²) in [5.41, 5.74) is 1.81. The Labute approximate surface area is 120 Å². The molecule has 7 heteroatoms. The van der Waals surface area contributed by atoms with Crippen molar-refractivity contribution >= 4 is 16.5 Å². The molecule has 0 bridgehead atoms. The van der Waals surface area contributed by atoms with Gasteiger partial charge in [-0.2, -0.15) is 15.0 Å². The van der Waals surface area contributed by atoms with Crippen molar-refractivity contribution in [2.24, 2.45) is 0 Å². The van der Waals surface area contributed by atoms with Crippen molar-refractivity contribution < 1.29 is 0 Å². The van der Waals surface area contributed by atoms with Gasteiger partial charge in [0, 0.05) is 0 Å². The molecule has 0 radical (unpaired) electrons. The highest BCUT2D eigenvalue weighted by atomic mass is 32.1. The molecule has 3 aromatic rings. The van der Waals surface area contributed by atoms with Gasteiger partial charge in [-0.15, -0.1) is 10.2 Å². The Hall–Kier alpha value is -2.28. The van der Waals surface area contributed by atoms with E-state index in [1.165, 1.54) is 0 Å². The number of nitrogens with one attached hydrogen (secondary N) is 1. The Morgan fingerprint density at radius 3 is 2.80 bits per heavy atom. The molecule has 0 amide bonds. The number of benzene rings is 1. The first-order chi connectivity index (χ1) is 9.85. The fourth-order valence-electron chi connectivity index (χ4n) is 1.70. The molecule has 3 rings (SSSR count). The minimum absolute atomic E-state index is 0.588. The van der Waals surface area contributed by atoms with Crippen LogP contribution in [0.15, 0.2) is 36.5 Å². The second-order valence-corrected chi connectivity index (χ2v) is 5.23. The molecule has 0 fully saturated rings. The van der Waals surface area contributed by atoms with Crippen LogP contribution in [0.4, 0.5) is 5.13 Å². The number of anilines is 1. The fraction of sp³-hybridized carbons (Fsp3) is 0.231. The number of hydrogen-bond donors (Lipinski definition) is 1. The maximum atomic E-state index is 4.42. The lowest BCUT2D eigenvalue weighted by Gasteiger charge is -1.98. The first-order valence-corrected chi connectivity index (χ1v) is 7.19. The molecule has 0 aliphatic rings. The SMILES string of the molecule is CCc1nnc(NCc2cnn(-c3ccccc3)n2)s1. The number of rotatable bonds is 5. The van der Waals surface area contributed by atoms with E-state index in [2.05, 4.69) is 32.6 Å². The van der Waals surface area contributed by atoms with Crippen LogP contribution >= 0.6 is 11.3 Å². The zero-order valence-corrected chi connectivity index (χ0v) is 11.8. The monoisotopic (exact) mass is 286 g/mol. The Kier molecular flexibility index (Phi) is 3.69. The first-order valence-electron chi connectivity index (χ1n) is 6.38. The third-order valence-electron chi connectivity index (χ3n) is 2.72. The van der Waals surface area contributed by atoms with Crippen LogP contribution in [0.5, 0.6) is 0 Å². The first kappa shape index (κ1) is 12.7. The second-order valence-electron chi connectivity index (χ2n) is 4.17. The quantitative estimate of drug-likeness (QED) is 0.779. The van der Waals surface area contributed by atoms with Gasteiger partial charge in [-0.1, -0.05) is 36.5 Å². The van der Waals surface area contributed by atoms with Crippen molar-refractivity contribution in [2.45, 2.75) is 19.9 Å². The molecule has 0 unspecified atom stereocenters. The van der Waals surface area contributed by atoms with Crippen LogP contribution < -0.4 is 5.32 Å². The summed E-state index contributed by atoms with van der Waals surface area (Å²) in [6, 6.07) is 9.83.